The SMILES string of the molecule is COc1ccc(S(=O)(=O)N2CCN(Cc3nc4ccc(Cl)cc4c(=O)n3C)CC2)cc1. The number of benzene rings is 2. The molecule has 4 rings (SSSR count). The van der Waals surface area contributed by atoms with Crippen molar-refractivity contribution < 1.29 is 13.2 Å². The molecular weight excluding hydrogens is 440 g/mol. The van der Waals surface area contributed by atoms with E-state index in [1.165, 1.54) is 16.0 Å². The lowest BCUT2D eigenvalue weighted by Gasteiger charge is -2.34. The first kappa shape index (κ1) is 21.8. The molecule has 0 saturated carbocycles. The zero-order valence-electron chi connectivity index (χ0n) is 17.3. The highest BCUT2D eigenvalue weighted by molar-refractivity contribution is 7.89. The molecule has 1 aliphatic rings. The van der Waals surface area contributed by atoms with Gasteiger partial charge in [0.15, 0.2) is 0 Å². The van der Waals surface area contributed by atoms with E-state index in [0.717, 1.165) is 0 Å². The molecule has 3 aromatic rings. The third-order valence-electron chi connectivity index (χ3n) is 5.52. The molecular formula is C21H23ClN4O4S. The van der Waals surface area contributed by atoms with E-state index in [2.05, 4.69) is 9.88 Å². The van der Waals surface area contributed by atoms with Crippen molar-refractivity contribution in [3.8, 4) is 5.75 Å². The lowest BCUT2D eigenvalue weighted by Crippen LogP contribution is -2.48. The monoisotopic (exact) mass is 462 g/mol. The van der Waals surface area contributed by atoms with Gasteiger partial charge in [0.25, 0.3) is 5.56 Å². The largest absolute Gasteiger partial charge is 0.497 e. The molecule has 0 aliphatic carbocycles. The van der Waals surface area contributed by atoms with E-state index in [9.17, 15) is 13.2 Å². The van der Waals surface area contributed by atoms with E-state index in [0.29, 0.717) is 60.2 Å². The minimum atomic E-state index is -3.56. The maximum absolute atomic E-state index is 12.9. The van der Waals surface area contributed by atoms with Crippen molar-refractivity contribution >= 4 is 32.5 Å². The molecule has 0 atom stereocenters. The molecule has 0 radical (unpaired) electrons. The van der Waals surface area contributed by atoms with Crippen LogP contribution in [0.4, 0.5) is 0 Å². The second-order valence-corrected chi connectivity index (χ2v) is 9.78. The minimum absolute atomic E-state index is 0.150. The molecule has 0 amide bonds. The van der Waals surface area contributed by atoms with Crippen LogP contribution in [0.15, 0.2) is 52.2 Å². The Morgan fingerprint density at radius 1 is 1.06 bits per heavy atom. The molecule has 2 heterocycles. The number of methoxy groups -OCH3 is 1. The summed E-state index contributed by atoms with van der Waals surface area (Å²) in [6, 6.07) is 11.5. The van der Waals surface area contributed by atoms with Gasteiger partial charge in [0.05, 0.1) is 29.5 Å². The highest BCUT2D eigenvalue weighted by atomic mass is 35.5. The summed E-state index contributed by atoms with van der Waals surface area (Å²) in [5.41, 5.74) is 0.450. The minimum Gasteiger partial charge on any atom is -0.497 e. The number of ether oxygens (including phenoxy) is 1. The predicted molar refractivity (Wildman–Crippen MR) is 119 cm³/mol. The smallest absolute Gasteiger partial charge is 0.261 e. The molecule has 1 saturated heterocycles. The molecule has 0 unspecified atom stereocenters. The van der Waals surface area contributed by atoms with Crippen LogP contribution in [0.5, 0.6) is 5.75 Å². The topological polar surface area (TPSA) is 84.7 Å². The number of hydrogen-bond acceptors (Lipinski definition) is 6. The van der Waals surface area contributed by atoms with Crippen molar-refractivity contribution in [2.75, 3.05) is 33.3 Å². The summed E-state index contributed by atoms with van der Waals surface area (Å²) in [6.45, 7) is 2.28. The van der Waals surface area contributed by atoms with E-state index in [-0.39, 0.29) is 10.5 Å². The van der Waals surface area contributed by atoms with Gasteiger partial charge < -0.3 is 4.74 Å². The van der Waals surface area contributed by atoms with Gasteiger partial charge in [-0.15, -0.1) is 0 Å². The Labute approximate surface area is 185 Å². The highest BCUT2D eigenvalue weighted by Gasteiger charge is 2.29. The zero-order valence-corrected chi connectivity index (χ0v) is 18.9. The maximum Gasteiger partial charge on any atom is 0.261 e. The van der Waals surface area contributed by atoms with Crippen molar-refractivity contribution in [1.82, 2.24) is 18.8 Å². The van der Waals surface area contributed by atoms with Crippen LogP contribution in [0.1, 0.15) is 5.82 Å². The predicted octanol–water partition coefficient (Wildman–Crippen LogP) is 2.10. The van der Waals surface area contributed by atoms with Crippen molar-refractivity contribution in [2.45, 2.75) is 11.4 Å². The molecule has 0 N–H and O–H groups in total. The molecule has 8 nitrogen and oxygen atoms in total. The number of rotatable bonds is 5. The van der Waals surface area contributed by atoms with Crippen LogP contribution in [-0.4, -0.2) is 60.5 Å². The first-order valence-electron chi connectivity index (χ1n) is 9.81. The van der Waals surface area contributed by atoms with Gasteiger partial charge in [-0.1, -0.05) is 11.6 Å². The third-order valence-corrected chi connectivity index (χ3v) is 7.67. The molecule has 1 aromatic heterocycles. The molecule has 2 aromatic carbocycles. The van der Waals surface area contributed by atoms with Gasteiger partial charge in [0, 0.05) is 38.2 Å². The zero-order chi connectivity index (χ0) is 22.2. The number of piperazine rings is 1. The van der Waals surface area contributed by atoms with Gasteiger partial charge in [0.1, 0.15) is 11.6 Å². The van der Waals surface area contributed by atoms with Crippen molar-refractivity contribution in [1.29, 1.82) is 0 Å². The van der Waals surface area contributed by atoms with Crippen LogP contribution in [0.25, 0.3) is 10.9 Å². The summed E-state index contributed by atoms with van der Waals surface area (Å²) in [5, 5.41) is 0.975. The number of aromatic nitrogens is 2. The van der Waals surface area contributed by atoms with Gasteiger partial charge in [-0.3, -0.25) is 14.3 Å². The number of nitrogens with zero attached hydrogens (tertiary/aromatic N) is 4. The quantitative estimate of drug-likeness (QED) is 0.577. The standard InChI is InChI=1S/C21H23ClN4O4S/c1-24-20(23-19-8-3-15(22)13-18(19)21(24)27)14-25-9-11-26(12-10-25)31(28,29)17-6-4-16(30-2)5-7-17/h3-8,13H,9-12,14H2,1-2H3. The van der Waals surface area contributed by atoms with Gasteiger partial charge >= 0.3 is 0 Å². The van der Waals surface area contributed by atoms with E-state index in [1.807, 2.05) is 0 Å². The normalized spacial score (nSPS) is 16.0. The molecule has 1 aliphatic heterocycles. The fourth-order valence-corrected chi connectivity index (χ4v) is 5.25. The number of hydrogen-bond donors (Lipinski definition) is 0. The Balaban J connectivity index is 1.47. The summed E-state index contributed by atoms with van der Waals surface area (Å²) >= 11 is 6.00. The van der Waals surface area contributed by atoms with E-state index in [1.54, 1.807) is 49.5 Å². The second-order valence-electron chi connectivity index (χ2n) is 7.41. The Hall–Kier alpha value is -2.46. The maximum atomic E-state index is 12.9. The number of fused-ring (bicyclic) bond motifs is 1. The lowest BCUT2D eigenvalue weighted by molar-refractivity contribution is 0.176. The van der Waals surface area contributed by atoms with Gasteiger partial charge in [-0.05, 0) is 42.5 Å². The number of halogens is 1. The Bertz CT molecular complexity index is 1270. The summed E-state index contributed by atoms with van der Waals surface area (Å²) in [7, 11) is -0.334. The molecule has 0 bridgehead atoms. The number of sulfonamides is 1. The Morgan fingerprint density at radius 2 is 1.74 bits per heavy atom. The summed E-state index contributed by atoms with van der Waals surface area (Å²) in [6.07, 6.45) is 0. The fraction of sp³-hybridized carbons (Fsp3) is 0.333. The Kier molecular flexibility index (Phi) is 6.02. The van der Waals surface area contributed by atoms with Crippen molar-refractivity contribution in [2.24, 2.45) is 7.05 Å². The fourth-order valence-electron chi connectivity index (χ4n) is 3.66. The van der Waals surface area contributed by atoms with Crippen molar-refractivity contribution in [3.63, 3.8) is 0 Å². The van der Waals surface area contributed by atoms with Gasteiger partial charge in [0.2, 0.25) is 10.0 Å². The molecule has 10 heteroatoms. The average Bonchev–Trinajstić information content (AvgIpc) is 2.78. The van der Waals surface area contributed by atoms with E-state index >= 15 is 0 Å². The van der Waals surface area contributed by atoms with E-state index in [4.69, 9.17) is 16.3 Å². The first-order chi connectivity index (χ1) is 14.8. The van der Waals surface area contributed by atoms with Gasteiger partial charge in [-0.25, -0.2) is 13.4 Å². The first-order valence-corrected chi connectivity index (χ1v) is 11.6. The van der Waals surface area contributed by atoms with Crippen LogP contribution in [-0.2, 0) is 23.6 Å². The molecule has 0 spiro atoms. The molecule has 164 valence electrons. The second kappa shape index (κ2) is 8.58. The third kappa shape index (κ3) is 4.31. The van der Waals surface area contributed by atoms with Crippen LogP contribution < -0.4 is 10.3 Å². The molecule has 31 heavy (non-hydrogen) atoms. The lowest BCUT2D eigenvalue weighted by atomic mass is 10.2. The summed E-state index contributed by atoms with van der Waals surface area (Å²) < 4.78 is 34.0. The summed E-state index contributed by atoms with van der Waals surface area (Å²) in [5.74, 6) is 1.24. The van der Waals surface area contributed by atoms with Crippen LogP contribution in [0.2, 0.25) is 5.02 Å². The van der Waals surface area contributed by atoms with E-state index < -0.39 is 10.0 Å². The Morgan fingerprint density at radius 3 is 2.39 bits per heavy atom. The van der Waals surface area contributed by atoms with Crippen molar-refractivity contribution in [3.05, 3.63) is 63.7 Å². The van der Waals surface area contributed by atoms with Gasteiger partial charge in [-0.2, -0.15) is 4.31 Å². The molecule has 1 fully saturated rings. The average molecular weight is 463 g/mol. The highest BCUT2D eigenvalue weighted by Crippen LogP contribution is 2.21. The van der Waals surface area contributed by atoms with Crippen LogP contribution in [0.3, 0.4) is 0 Å². The van der Waals surface area contributed by atoms with Crippen LogP contribution in [0, 0.1) is 0 Å². The van der Waals surface area contributed by atoms with Crippen LogP contribution >= 0.6 is 11.6 Å². The summed E-state index contributed by atoms with van der Waals surface area (Å²) in [4.78, 5) is 19.6.